The average Bonchev–Trinajstić information content (AvgIpc) is 3.23. The Morgan fingerprint density at radius 3 is 2.88 bits per heavy atom. The van der Waals surface area contributed by atoms with E-state index in [1.54, 1.807) is 23.0 Å². The van der Waals surface area contributed by atoms with Crippen molar-refractivity contribution in [2.24, 2.45) is 0 Å². The Morgan fingerprint density at radius 2 is 2.04 bits per heavy atom. The number of carbonyl (C=O) groups excluding carboxylic acids is 2. The number of rotatable bonds is 4. The summed E-state index contributed by atoms with van der Waals surface area (Å²) in [5.74, 6) is -0.488. The number of carbonyl (C=O) groups is 2. The van der Waals surface area contributed by atoms with Crippen molar-refractivity contribution in [1.29, 1.82) is 0 Å². The molecule has 124 valence electrons. The number of benzene rings is 2. The topological polar surface area (TPSA) is 88.9 Å². The molecule has 25 heavy (non-hydrogen) atoms. The SMILES string of the molecule is O=C(Nc1ccc2c(c1)C(=O)NC2)c1cn(Cc2ccccc2)nn1. The third kappa shape index (κ3) is 3.12. The van der Waals surface area contributed by atoms with E-state index in [-0.39, 0.29) is 17.5 Å². The summed E-state index contributed by atoms with van der Waals surface area (Å²) in [4.78, 5) is 24.0. The lowest BCUT2D eigenvalue weighted by Gasteiger charge is -2.04. The second-order valence-corrected chi connectivity index (χ2v) is 5.80. The predicted octanol–water partition coefficient (Wildman–Crippen LogP) is 1.82. The molecule has 0 unspecified atom stereocenters. The Kier molecular flexibility index (Phi) is 3.74. The molecule has 0 saturated heterocycles. The summed E-state index contributed by atoms with van der Waals surface area (Å²) in [5, 5.41) is 13.4. The molecular weight excluding hydrogens is 318 g/mol. The number of hydrogen-bond donors (Lipinski definition) is 2. The Bertz CT molecular complexity index is 949. The van der Waals surface area contributed by atoms with Crippen LogP contribution in [0.1, 0.15) is 32.0 Å². The number of fused-ring (bicyclic) bond motifs is 1. The van der Waals surface area contributed by atoms with Crippen LogP contribution in [0.15, 0.2) is 54.7 Å². The van der Waals surface area contributed by atoms with E-state index >= 15 is 0 Å². The lowest BCUT2D eigenvalue weighted by Crippen LogP contribution is -2.14. The number of aromatic nitrogens is 3. The van der Waals surface area contributed by atoms with Crippen molar-refractivity contribution in [2.75, 3.05) is 5.32 Å². The maximum Gasteiger partial charge on any atom is 0.277 e. The van der Waals surface area contributed by atoms with Crippen molar-refractivity contribution in [2.45, 2.75) is 13.1 Å². The first-order valence-electron chi connectivity index (χ1n) is 7.85. The van der Waals surface area contributed by atoms with Gasteiger partial charge in [-0.1, -0.05) is 41.6 Å². The highest BCUT2D eigenvalue weighted by Crippen LogP contribution is 2.20. The first-order chi connectivity index (χ1) is 12.2. The molecule has 0 saturated carbocycles. The predicted molar refractivity (Wildman–Crippen MR) is 91.1 cm³/mol. The number of nitrogens with zero attached hydrogens (tertiary/aromatic N) is 3. The highest BCUT2D eigenvalue weighted by atomic mass is 16.2. The molecule has 0 aliphatic carbocycles. The van der Waals surface area contributed by atoms with Crippen LogP contribution in [-0.2, 0) is 13.1 Å². The van der Waals surface area contributed by atoms with Crippen LogP contribution in [-0.4, -0.2) is 26.8 Å². The summed E-state index contributed by atoms with van der Waals surface area (Å²) in [6.07, 6.45) is 1.60. The summed E-state index contributed by atoms with van der Waals surface area (Å²) in [6.45, 7) is 1.07. The summed E-state index contributed by atoms with van der Waals surface area (Å²) >= 11 is 0. The minimum absolute atomic E-state index is 0.125. The highest BCUT2D eigenvalue weighted by molar-refractivity contribution is 6.04. The van der Waals surface area contributed by atoms with Crippen molar-refractivity contribution in [1.82, 2.24) is 20.3 Å². The van der Waals surface area contributed by atoms with Gasteiger partial charge in [0.05, 0.1) is 12.7 Å². The van der Waals surface area contributed by atoms with Gasteiger partial charge in [-0.3, -0.25) is 9.59 Å². The average molecular weight is 333 g/mol. The molecule has 0 bridgehead atoms. The van der Waals surface area contributed by atoms with Gasteiger partial charge in [0.15, 0.2) is 5.69 Å². The molecule has 0 atom stereocenters. The molecule has 2 heterocycles. The Balaban J connectivity index is 1.47. The van der Waals surface area contributed by atoms with Crippen LogP contribution in [0.25, 0.3) is 0 Å². The number of hydrogen-bond acceptors (Lipinski definition) is 4. The van der Waals surface area contributed by atoms with Crippen LogP contribution in [0, 0.1) is 0 Å². The van der Waals surface area contributed by atoms with E-state index < -0.39 is 0 Å². The summed E-state index contributed by atoms with van der Waals surface area (Å²) in [6, 6.07) is 15.1. The third-order valence-electron chi connectivity index (χ3n) is 4.01. The summed E-state index contributed by atoms with van der Waals surface area (Å²) < 4.78 is 1.61. The van der Waals surface area contributed by atoms with Gasteiger partial charge in [0.25, 0.3) is 11.8 Å². The minimum atomic E-state index is -0.363. The van der Waals surface area contributed by atoms with Gasteiger partial charge in [-0.05, 0) is 23.3 Å². The van der Waals surface area contributed by atoms with E-state index in [4.69, 9.17) is 0 Å². The molecule has 2 amide bonds. The lowest BCUT2D eigenvalue weighted by atomic mass is 10.1. The van der Waals surface area contributed by atoms with Crippen molar-refractivity contribution in [3.05, 3.63) is 77.1 Å². The molecule has 7 heteroatoms. The first-order valence-corrected chi connectivity index (χ1v) is 7.85. The molecule has 1 aliphatic heterocycles. The molecule has 7 nitrogen and oxygen atoms in total. The van der Waals surface area contributed by atoms with Gasteiger partial charge >= 0.3 is 0 Å². The second-order valence-electron chi connectivity index (χ2n) is 5.80. The Labute approximate surface area is 143 Å². The molecule has 0 fully saturated rings. The van der Waals surface area contributed by atoms with E-state index in [9.17, 15) is 9.59 Å². The van der Waals surface area contributed by atoms with Gasteiger partial charge in [0.1, 0.15) is 0 Å². The standard InChI is InChI=1S/C18H15N5O2/c24-17-15-8-14(7-6-13(15)9-19-17)20-18(25)16-11-23(22-21-16)10-12-4-2-1-3-5-12/h1-8,11H,9-10H2,(H,19,24)(H,20,25). The normalized spacial score (nSPS) is 12.6. The zero-order valence-corrected chi connectivity index (χ0v) is 13.3. The van der Waals surface area contributed by atoms with E-state index in [2.05, 4.69) is 20.9 Å². The van der Waals surface area contributed by atoms with Crippen molar-refractivity contribution in [3.8, 4) is 0 Å². The number of nitrogens with one attached hydrogen (secondary N) is 2. The number of amides is 2. The van der Waals surface area contributed by atoms with Crippen molar-refractivity contribution in [3.63, 3.8) is 0 Å². The van der Waals surface area contributed by atoms with Crippen LogP contribution < -0.4 is 10.6 Å². The van der Waals surface area contributed by atoms with Gasteiger partial charge in [-0.25, -0.2) is 4.68 Å². The van der Waals surface area contributed by atoms with Gasteiger partial charge < -0.3 is 10.6 Å². The first kappa shape index (κ1) is 15.1. The molecule has 0 spiro atoms. The van der Waals surface area contributed by atoms with Crippen LogP contribution in [0.4, 0.5) is 5.69 Å². The van der Waals surface area contributed by atoms with Crippen LogP contribution in [0.5, 0.6) is 0 Å². The van der Waals surface area contributed by atoms with E-state index in [1.165, 1.54) is 0 Å². The maximum atomic E-state index is 12.3. The van der Waals surface area contributed by atoms with Gasteiger partial charge in [0, 0.05) is 17.8 Å². The zero-order chi connectivity index (χ0) is 17.2. The fourth-order valence-electron chi connectivity index (χ4n) is 2.74. The highest BCUT2D eigenvalue weighted by Gasteiger charge is 2.19. The van der Waals surface area contributed by atoms with Gasteiger partial charge in [0.2, 0.25) is 0 Å². The fraction of sp³-hybridized carbons (Fsp3) is 0.111. The third-order valence-corrected chi connectivity index (χ3v) is 4.01. The number of anilines is 1. The molecule has 1 aliphatic rings. The van der Waals surface area contributed by atoms with Crippen LogP contribution in [0.2, 0.25) is 0 Å². The molecule has 1 aromatic heterocycles. The Morgan fingerprint density at radius 1 is 1.20 bits per heavy atom. The quantitative estimate of drug-likeness (QED) is 0.762. The molecule has 2 aromatic carbocycles. The summed E-state index contributed by atoms with van der Waals surface area (Å²) in [5.41, 5.74) is 3.37. The maximum absolute atomic E-state index is 12.3. The van der Waals surface area contributed by atoms with E-state index in [0.717, 1.165) is 11.1 Å². The monoisotopic (exact) mass is 333 g/mol. The van der Waals surface area contributed by atoms with E-state index in [0.29, 0.717) is 24.3 Å². The van der Waals surface area contributed by atoms with Crippen LogP contribution >= 0.6 is 0 Å². The van der Waals surface area contributed by atoms with Gasteiger partial charge in [-0.2, -0.15) is 0 Å². The van der Waals surface area contributed by atoms with Crippen molar-refractivity contribution < 1.29 is 9.59 Å². The lowest BCUT2D eigenvalue weighted by molar-refractivity contribution is 0.0964. The minimum Gasteiger partial charge on any atom is -0.348 e. The largest absolute Gasteiger partial charge is 0.348 e. The van der Waals surface area contributed by atoms with Gasteiger partial charge in [-0.15, -0.1) is 5.10 Å². The zero-order valence-electron chi connectivity index (χ0n) is 13.3. The van der Waals surface area contributed by atoms with E-state index in [1.807, 2.05) is 36.4 Å². The smallest absolute Gasteiger partial charge is 0.277 e. The fourth-order valence-corrected chi connectivity index (χ4v) is 2.74. The van der Waals surface area contributed by atoms with Crippen molar-refractivity contribution >= 4 is 17.5 Å². The van der Waals surface area contributed by atoms with Crippen LogP contribution in [0.3, 0.4) is 0 Å². The Hall–Kier alpha value is -3.48. The molecule has 4 rings (SSSR count). The molecule has 3 aromatic rings. The molecule has 0 radical (unpaired) electrons. The second kappa shape index (κ2) is 6.20. The molecule has 2 N–H and O–H groups in total. The molecular formula is C18H15N5O2. The summed E-state index contributed by atoms with van der Waals surface area (Å²) in [7, 11) is 0.